The lowest BCUT2D eigenvalue weighted by Crippen LogP contribution is -2.47. The Morgan fingerprint density at radius 2 is 1.22 bits per heavy atom. The van der Waals surface area contributed by atoms with E-state index >= 15 is 0 Å². The Labute approximate surface area is 198 Å². The number of unbranched alkanes of at least 4 members (excludes halogenated alkanes) is 3. The van der Waals surface area contributed by atoms with Crippen molar-refractivity contribution < 1.29 is 0 Å². The molecule has 0 aromatic heterocycles. The van der Waals surface area contributed by atoms with Crippen molar-refractivity contribution in [2.75, 3.05) is 0 Å². The smallest absolute Gasteiger partial charge is 0.0819 e. The van der Waals surface area contributed by atoms with Crippen molar-refractivity contribution in [3.63, 3.8) is 0 Å². The lowest BCUT2D eigenvalue weighted by molar-refractivity contribution is 0.588. The minimum absolute atomic E-state index is 0.518. The van der Waals surface area contributed by atoms with Crippen LogP contribution in [0.5, 0.6) is 0 Å². The molecule has 0 saturated heterocycles. The quantitative estimate of drug-likeness (QED) is 0.222. The van der Waals surface area contributed by atoms with Crippen LogP contribution in [0.2, 0.25) is 6.32 Å². The number of aryl methyl sites for hydroxylation is 6. The zero-order valence-corrected chi connectivity index (χ0v) is 21.5. The van der Waals surface area contributed by atoms with Crippen LogP contribution in [0.4, 0.5) is 0 Å². The standard InChI is InChI=1S/C31H43B/c1-21-15-23(3)30(24(4)16-21)32(31-25(5)17-22(2)18-26(31)6)14-10-8-7-9-11-28-19-27-12-13-29(28)20-27/h15-19,27,29H,7-14,20H2,1-6H3. The zero-order chi connectivity index (χ0) is 22.8. The van der Waals surface area contributed by atoms with Gasteiger partial charge >= 0.3 is 0 Å². The molecule has 4 rings (SSSR count). The van der Waals surface area contributed by atoms with Crippen molar-refractivity contribution in [3.05, 3.63) is 69.3 Å². The first kappa shape index (κ1) is 23.4. The predicted octanol–water partition coefficient (Wildman–Crippen LogP) is 7.45. The molecular formula is C31H43B. The highest BCUT2D eigenvalue weighted by Crippen LogP contribution is 2.45. The second kappa shape index (κ2) is 10.0. The summed E-state index contributed by atoms with van der Waals surface area (Å²) in [6.07, 6.45) is 15.2. The number of hydrogen-bond acceptors (Lipinski definition) is 0. The van der Waals surface area contributed by atoms with Crippen LogP contribution in [-0.2, 0) is 0 Å². The first-order valence-corrected chi connectivity index (χ1v) is 13.2. The van der Waals surface area contributed by atoms with Gasteiger partial charge in [0.25, 0.3) is 0 Å². The molecule has 2 aromatic carbocycles. The van der Waals surface area contributed by atoms with E-state index in [-0.39, 0.29) is 0 Å². The van der Waals surface area contributed by atoms with Gasteiger partial charge in [-0.1, -0.05) is 106 Å². The molecule has 1 saturated carbocycles. The Bertz CT molecular complexity index is 892. The molecule has 0 N–H and O–H groups in total. The van der Waals surface area contributed by atoms with Crippen molar-refractivity contribution in [1.29, 1.82) is 0 Å². The van der Waals surface area contributed by atoms with E-state index in [0.29, 0.717) is 6.71 Å². The van der Waals surface area contributed by atoms with Gasteiger partial charge in [0.1, 0.15) is 0 Å². The van der Waals surface area contributed by atoms with Crippen LogP contribution < -0.4 is 10.9 Å². The van der Waals surface area contributed by atoms with Crippen LogP contribution in [0, 0.1) is 53.4 Å². The molecule has 170 valence electrons. The Morgan fingerprint density at radius 3 is 1.69 bits per heavy atom. The second-order valence-electron chi connectivity index (χ2n) is 11.1. The van der Waals surface area contributed by atoms with Gasteiger partial charge in [0.05, 0.1) is 0 Å². The fourth-order valence-corrected chi connectivity index (χ4v) is 7.18. The van der Waals surface area contributed by atoms with Crippen LogP contribution in [0.1, 0.15) is 84.7 Å². The lowest BCUT2D eigenvalue weighted by atomic mass is 9.35. The highest BCUT2D eigenvalue weighted by atomic mass is 14.4. The predicted molar refractivity (Wildman–Crippen MR) is 143 cm³/mol. The van der Waals surface area contributed by atoms with Crippen LogP contribution in [0.3, 0.4) is 0 Å². The third-order valence-corrected chi connectivity index (χ3v) is 8.33. The van der Waals surface area contributed by atoms with Gasteiger partial charge in [-0.25, -0.2) is 0 Å². The maximum Gasteiger partial charge on any atom is 0.210 e. The molecule has 1 fully saturated rings. The van der Waals surface area contributed by atoms with Crippen molar-refractivity contribution in [2.45, 2.75) is 99.2 Å². The lowest BCUT2D eigenvalue weighted by Gasteiger charge is -2.24. The number of rotatable bonds is 9. The molecule has 2 aliphatic rings. The third kappa shape index (κ3) is 5.08. The molecule has 32 heavy (non-hydrogen) atoms. The second-order valence-corrected chi connectivity index (χ2v) is 11.1. The van der Waals surface area contributed by atoms with Crippen molar-refractivity contribution in [2.24, 2.45) is 11.8 Å². The van der Waals surface area contributed by atoms with E-state index in [0.717, 1.165) is 11.8 Å². The first-order chi connectivity index (χ1) is 15.3. The highest BCUT2D eigenvalue weighted by Gasteiger charge is 2.32. The van der Waals surface area contributed by atoms with Gasteiger partial charge in [-0.3, -0.25) is 0 Å². The zero-order valence-electron chi connectivity index (χ0n) is 21.5. The van der Waals surface area contributed by atoms with E-state index in [1.54, 1.807) is 10.9 Å². The molecule has 2 unspecified atom stereocenters. The van der Waals surface area contributed by atoms with Crippen LogP contribution >= 0.6 is 0 Å². The molecule has 1 heteroatoms. The molecule has 2 atom stereocenters. The molecule has 0 amide bonds. The number of fused-ring (bicyclic) bond motifs is 2. The van der Waals surface area contributed by atoms with Crippen molar-refractivity contribution >= 4 is 17.6 Å². The molecule has 0 aliphatic heterocycles. The Balaban J connectivity index is 1.44. The highest BCUT2D eigenvalue weighted by molar-refractivity contribution is 6.86. The summed E-state index contributed by atoms with van der Waals surface area (Å²) in [6.45, 7) is 14.3. The number of allylic oxidation sites excluding steroid dienone is 2. The van der Waals surface area contributed by atoms with Gasteiger partial charge in [0.2, 0.25) is 6.71 Å². The van der Waals surface area contributed by atoms with Crippen LogP contribution in [0.25, 0.3) is 0 Å². The fourth-order valence-electron chi connectivity index (χ4n) is 7.18. The fraction of sp³-hybridized carbons (Fsp3) is 0.548. The summed E-state index contributed by atoms with van der Waals surface area (Å²) in [5.41, 5.74) is 13.6. The summed E-state index contributed by atoms with van der Waals surface area (Å²) in [6, 6.07) is 9.54. The van der Waals surface area contributed by atoms with Gasteiger partial charge in [0, 0.05) is 0 Å². The van der Waals surface area contributed by atoms with E-state index in [1.807, 2.05) is 5.57 Å². The number of hydrogen-bond donors (Lipinski definition) is 0. The Morgan fingerprint density at radius 1 is 0.688 bits per heavy atom. The van der Waals surface area contributed by atoms with Gasteiger partial charge in [-0.15, -0.1) is 0 Å². The normalized spacial score (nSPS) is 19.5. The molecule has 0 spiro atoms. The van der Waals surface area contributed by atoms with E-state index in [2.05, 4.69) is 71.9 Å². The van der Waals surface area contributed by atoms with Crippen LogP contribution in [-0.4, -0.2) is 6.71 Å². The largest absolute Gasteiger partial charge is 0.210 e. The first-order valence-electron chi connectivity index (χ1n) is 13.2. The molecule has 2 bridgehead atoms. The summed E-state index contributed by atoms with van der Waals surface area (Å²) < 4.78 is 0. The maximum absolute atomic E-state index is 2.64. The summed E-state index contributed by atoms with van der Waals surface area (Å²) in [7, 11) is 0. The van der Waals surface area contributed by atoms with Gasteiger partial charge < -0.3 is 0 Å². The Kier molecular flexibility index (Phi) is 7.33. The van der Waals surface area contributed by atoms with E-state index in [1.165, 1.54) is 91.1 Å². The van der Waals surface area contributed by atoms with E-state index < -0.39 is 0 Å². The maximum atomic E-state index is 2.64. The van der Waals surface area contributed by atoms with Crippen molar-refractivity contribution in [1.82, 2.24) is 0 Å². The van der Waals surface area contributed by atoms with Gasteiger partial charge in [0.15, 0.2) is 0 Å². The molecule has 0 nitrogen and oxygen atoms in total. The Hall–Kier alpha value is -1.76. The minimum Gasteiger partial charge on any atom is -0.0819 e. The molecular weight excluding hydrogens is 383 g/mol. The summed E-state index contributed by atoms with van der Waals surface area (Å²) in [4.78, 5) is 0. The summed E-state index contributed by atoms with van der Waals surface area (Å²) >= 11 is 0. The van der Waals surface area contributed by atoms with E-state index in [4.69, 9.17) is 0 Å². The molecule has 0 heterocycles. The van der Waals surface area contributed by atoms with E-state index in [9.17, 15) is 0 Å². The number of benzene rings is 2. The molecule has 0 radical (unpaired) electrons. The van der Waals surface area contributed by atoms with Gasteiger partial charge in [-0.2, -0.15) is 0 Å². The summed E-state index contributed by atoms with van der Waals surface area (Å²) in [5.74, 6) is 1.90. The third-order valence-electron chi connectivity index (χ3n) is 8.33. The average molecular weight is 426 g/mol. The summed E-state index contributed by atoms with van der Waals surface area (Å²) in [5, 5.41) is 0. The monoisotopic (exact) mass is 426 g/mol. The minimum atomic E-state index is 0.518. The topological polar surface area (TPSA) is 0 Å². The SMILES string of the molecule is Cc1cc(C)c(B(CCCCCCC2=CC3CCC2C3)c2c(C)cc(C)cc2C)c(C)c1. The van der Waals surface area contributed by atoms with Crippen molar-refractivity contribution in [3.8, 4) is 0 Å². The van der Waals surface area contributed by atoms with Gasteiger partial charge in [-0.05, 0) is 85.5 Å². The molecule has 2 aliphatic carbocycles. The van der Waals surface area contributed by atoms with Crippen LogP contribution in [0.15, 0.2) is 35.9 Å². The molecule has 2 aromatic rings. The average Bonchev–Trinajstić information content (AvgIpc) is 3.32.